The van der Waals surface area contributed by atoms with Gasteiger partial charge in [0.15, 0.2) is 0 Å². The average molecular weight is 362 g/mol. The minimum Gasteiger partial charge on any atom is -0.497 e. The van der Waals surface area contributed by atoms with E-state index in [1.54, 1.807) is 43.5 Å². The molecule has 0 atom stereocenters. The number of methoxy groups -OCH3 is 1. The van der Waals surface area contributed by atoms with Crippen molar-refractivity contribution in [3.05, 3.63) is 63.0 Å². The van der Waals surface area contributed by atoms with Gasteiger partial charge in [-0.3, -0.25) is 4.79 Å². The third-order valence-electron chi connectivity index (χ3n) is 3.16. The zero-order valence-electron chi connectivity index (χ0n) is 12.5. The van der Waals surface area contributed by atoms with Gasteiger partial charge in [0.25, 0.3) is 5.91 Å². The highest BCUT2D eigenvalue weighted by atomic mass is 35.5. The molecule has 0 fully saturated rings. The maximum atomic E-state index is 12.3. The van der Waals surface area contributed by atoms with Gasteiger partial charge in [-0.2, -0.15) is 4.98 Å². The van der Waals surface area contributed by atoms with Crippen LogP contribution in [0.15, 0.2) is 47.3 Å². The first-order valence-corrected chi connectivity index (χ1v) is 8.07. The second-order valence-electron chi connectivity index (χ2n) is 4.77. The summed E-state index contributed by atoms with van der Waals surface area (Å²) in [6.07, 6.45) is 0. The Bertz CT molecular complexity index is 934. The van der Waals surface area contributed by atoms with Crippen LogP contribution in [0.25, 0.3) is 10.6 Å². The molecule has 3 rings (SSSR count). The maximum Gasteiger partial charge on any atom is 0.346 e. The number of halogens is 1. The van der Waals surface area contributed by atoms with Gasteiger partial charge < -0.3 is 15.0 Å². The van der Waals surface area contributed by atoms with Crippen LogP contribution in [0.2, 0.25) is 4.34 Å². The van der Waals surface area contributed by atoms with Crippen LogP contribution in [0.4, 0.5) is 5.69 Å². The maximum absolute atomic E-state index is 12.3. The number of amides is 1. The van der Waals surface area contributed by atoms with E-state index in [0.717, 1.165) is 4.88 Å². The first-order valence-electron chi connectivity index (χ1n) is 6.87. The predicted molar refractivity (Wildman–Crippen MR) is 94.1 cm³/mol. The number of aromatic amines is 1. The fraction of sp³-hybridized carbons (Fsp3) is 0.0625. The van der Waals surface area contributed by atoms with Crippen molar-refractivity contribution in [3.8, 4) is 16.3 Å². The third kappa shape index (κ3) is 3.64. The molecule has 2 heterocycles. The summed E-state index contributed by atoms with van der Waals surface area (Å²) < 4.78 is 5.65. The lowest BCUT2D eigenvalue weighted by molar-refractivity contribution is 0.102. The van der Waals surface area contributed by atoms with Crippen LogP contribution in [0, 0.1) is 0 Å². The molecule has 1 aromatic carbocycles. The highest BCUT2D eigenvalue weighted by molar-refractivity contribution is 7.19. The summed E-state index contributed by atoms with van der Waals surface area (Å²) in [5, 5.41) is 2.69. The summed E-state index contributed by atoms with van der Waals surface area (Å²) in [6, 6.07) is 11.8. The van der Waals surface area contributed by atoms with Gasteiger partial charge in [-0.15, -0.1) is 11.3 Å². The van der Waals surface area contributed by atoms with Gasteiger partial charge in [0, 0.05) is 5.69 Å². The van der Waals surface area contributed by atoms with Crippen molar-refractivity contribution >= 4 is 34.5 Å². The van der Waals surface area contributed by atoms with E-state index in [1.165, 1.54) is 17.4 Å². The zero-order valence-corrected chi connectivity index (χ0v) is 14.1. The van der Waals surface area contributed by atoms with E-state index in [4.69, 9.17) is 16.3 Å². The predicted octanol–water partition coefficient (Wildman–Crippen LogP) is 3.41. The molecule has 0 aliphatic carbocycles. The molecule has 8 heteroatoms. The van der Waals surface area contributed by atoms with E-state index < -0.39 is 11.6 Å². The van der Waals surface area contributed by atoms with E-state index >= 15 is 0 Å². The van der Waals surface area contributed by atoms with Gasteiger partial charge in [0.2, 0.25) is 0 Å². The van der Waals surface area contributed by atoms with E-state index in [-0.39, 0.29) is 5.69 Å². The van der Waals surface area contributed by atoms with Crippen LogP contribution in [0.3, 0.4) is 0 Å². The van der Waals surface area contributed by atoms with Crippen molar-refractivity contribution in [2.24, 2.45) is 0 Å². The van der Waals surface area contributed by atoms with Crippen molar-refractivity contribution in [2.75, 3.05) is 12.4 Å². The lowest BCUT2D eigenvalue weighted by Gasteiger charge is -2.06. The fourth-order valence-electron chi connectivity index (χ4n) is 2.04. The highest BCUT2D eigenvalue weighted by Gasteiger charge is 2.12. The van der Waals surface area contributed by atoms with Crippen LogP contribution in [-0.2, 0) is 0 Å². The molecule has 0 unspecified atom stereocenters. The number of H-pyrrole nitrogens is 1. The summed E-state index contributed by atoms with van der Waals surface area (Å²) in [7, 11) is 1.56. The number of aromatic nitrogens is 2. The Labute approximate surface area is 146 Å². The Morgan fingerprint density at radius 3 is 2.62 bits per heavy atom. The number of carbonyl (C=O) groups is 1. The van der Waals surface area contributed by atoms with Crippen molar-refractivity contribution in [2.45, 2.75) is 0 Å². The lowest BCUT2D eigenvalue weighted by Crippen LogP contribution is -2.20. The Morgan fingerprint density at radius 1 is 1.25 bits per heavy atom. The van der Waals surface area contributed by atoms with E-state index in [2.05, 4.69) is 15.3 Å². The van der Waals surface area contributed by atoms with Gasteiger partial charge in [-0.25, -0.2) is 4.79 Å². The molecule has 0 saturated carbocycles. The highest BCUT2D eigenvalue weighted by Crippen LogP contribution is 2.29. The molecular formula is C16H12ClN3O3S. The second-order valence-corrected chi connectivity index (χ2v) is 6.49. The van der Waals surface area contributed by atoms with Crippen molar-refractivity contribution in [1.82, 2.24) is 9.97 Å². The summed E-state index contributed by atoms with van der Waals surface area (Å²) in [5.41, 5.74) is 0.487. The van der Waals surface area contributed by atoms with Crippen LogP contribution < -0.4 is 15.7 Å². The Balaban J connectivity index is 1.86. The summed E-state index contributed by atoms with van der Waals surface area (Å²) in [5.74, 6) is 0.203. The van der Waals surface area contributed by atoms with Crippen LogP contribution in [0.1, 0.15) is 10.5 Å². The molecule has 0 saturated heterocycles. The largest absolute Gasteiger partial charge is 0.497 e. The molecule has 2 aromatic heterocycles. The number of ether oxygens (including phenoxy) is 1. The number of nitrogens with one attached hydrogen (secondary N) is 2. The summed E-state index contributed by atoms with van der Waals surface area (Å²) in [6.45, 7) is 0. The standard InChI is InChI=1S/C16H12ClN3O3S/c1-23-10-4-2-9(3-5-10)18-15(21)12-8-11(19-16(22)20-12)13-6-7-14(17)24-13/h2-8H,1H3,(H,18,21)(H,19,20,22). The van der Waals surface area contributed by atoms with Crippen molar-refractivity contribution < 1.29 is 9.53 Å². The Morgan fingerprint density at radius 2 is 2.00 bits per heavy atom. The number of thiophene rings is 1. The normalized spacial score (nSPS) is 10.4. The lowest BCUT2D eigenvalue weighted by atomic mass is 10.2. The topological polar surface area (TPSA) is 84.1 Å². The van der Waals surface area contributed by atoms with Gasteiger partial charge in [0.05, 0.1) is 22.0 Å². The Kier molecular flexibility index (Phi) is 4.64. The first-order chi connectivity index (χ1) is 11.5. The van der Waals surface area contributed by atoms with E-state index in [9.17, 15) is 9.59 Å². The molecule has 0 aliphatic heterocycles. The molecule has 3 aromatic rings. The SMILES string of the molecule is COc1ccc(NC(=O)c2cc(-c3ccc(Cl)s3)[nH]c(=O)n2)cc1. The molecular weight excluding hydrogens is 350 g/mol. The molecule has 24 heavy (non-hydrogen) atoms. The second kappa shape index (κ2) is 6.86. The van der Waals surface area contributed by atoms with Crippen LogP contribution in [0.5, 0.6) is 5.75 Å². The molecule has 2 N–H and O–H groups in total. The number of benzene rings is 1. The number of rotatable bonds is 4. The smallest absolute Gasteiger partial charge is 0.346 e. The number of hydrogen-bond donors (Lipinski definition) is 2. The molecule has 1 amide bonds. The number of anilines is 1. The Hall–Kier alpha value is -2.64. The quantitative estimate of drug-likeness (QED) is 0.745. The zero-order chi connectivity index (χ0) is 17.1. The molecule has 122 valence electrons. The van der Waals surface area contributed by atoms with E-state index in [0.29, 0.717) is 21.5 Å². The fourth-order valence-corrected chi connectivity index (χ4v) is 3.05. The number of nitrogens with zero attached hydrogens (tertiary/aromatic N) is 1. The molecule has 0 radical (unpaired) electrons. The van der Waals surface area contributed by atoms with Crippen molar-refractivity contribution in [3.63, 3.8) is 0 Å². The molecule has 6 nitrogen and oxygen atoms in total. The molecule has 0 bridgehead atoms. The first kappa shape index (κ1) is 16.2. The summed E-state index contributed by atoms with van der Waals surface area (Å²) >= 11 is 7.21. The van der Waals surface area contributed by atoms with Gasteiger partial charge >= 0.3 is 5.69 Å². The van der Waals surface area contributed by atoms with E-state index in [1.807, 2.05) is 0 Å². The minimum atomic E-state index is -0.600. The van der Waals surface area contributed by atoms with Gasteiger partial charge in [0.1, 0.15) is 11.4 Å². The van der Waals surface area contributed by atoms with Crippen LogP contribution in [-0.4, -0.2) is 23.0 Å². The minimum absolute atomic E-state index is 0.0223. The van der Waals surface area contributed by atoms with Gasteiger partial charge in [-0.05, 0) is 42.5 Å². The molecule has 0 spiro atoms. The van der Waals surface area contributed by atoms with Crippen LogP contribution >= 0.6 is 22.9 Å². The average Bonchev–Trinajstić information content (AvgIpc) is 3.01. The number of hydrogen-bond acceptors (Lipinski definition) is 5. The summed E-state index contributed by atoms with van der Waals surface area (Å²) in [4.78, 5) is 31.1. The van der Waals surface area contributed by atoms with Gasteiger partial charge in [-0.1, -0.05) is 11.6 Å². The molecule has 0 aliphatic rings. The van der Waals surface area contributed by atoms with Crippen molar-refractivity contribution in [1.29, 1.82) is 0 Å². The monoisotopic (exact) mass is 361 g/mol. The third-order valence-corrected chi connectivity index (χ3v) is 4.43. The number of carbonyl (C=O) groups excluding carboxylic acids is 1.